The van der Waals surface area contributed by atoms with Crippen LogP contribution in [0.25, 0.3) is 0 Å². The summed E-state index contributed by atoms with van der Waals surface area (Å²) in [5.74, 6) is -12.1. The minimum absolute atomic E-state index is 0.544. The van der Waals surface area contributed by atoms with Gasteiger partial charge in [-0.2, -0.15) is 22.0 Å². The molecule has 11 heteroatoms. The lowest BCUT2D eigenvalue weighted by molar-refractivity contribution is -0.309. The standard InChI is InChI=1S/C8H7F8NO2/c1-2-17-6(18)19-5(12)8(15,16)7(13,14)3(9)4(10)11/h2-5H,1H2,(H,17,18). The highest BCUT2D eigenvalue weighted by atomic mass is 19.3. The number of alkyl carbamates (subject to hydrolysis) is 1. The van der Waals surface area contributed by atoms with E-state index in [2.05, 4.69) is 11.3 Å². The van der Waals surface area contributed by atoms with E-state index in [1.165, 1.54) is 5.32 Å². The maximum Gasteiger partial charge on any atom is 0.413 e. The van der Waals surface area contributed by atoms with Gasteiger partial charge < -0.3 is 4.74 Å². The van der Waals surface area contributed by atoms with E-state index >= 15 is 0 Å². The van der Waals surface area contributed by atoms with E-state index in [1.807, 2.05) is 0 Å². The molecule has 0 heterocycles. The van der Waals surface area contributed by atoms with E-state index in [0.717, 1.165) is 0 Å². The number of alkyl halides is 8. The molecule has 19 heavy (non-hydrogen) atoms. The van der Waals surface area contributed by atoms with Gasteiger partial charge in [-0.3, -0.25) is 5.32 Å². The molecule has 0 fully saturated rings. The van der Waals surface area contributed by atoms with Crippen molar-refractivity contribution < 1.29 is 44.7 Å². The first-order valence-electron chi connectivity index (χ1n) is 4.38. The average molecular weight is 301 g/mol. The van der Waals surface area contributed by atoms with Gasteiger partial charge >= 0.3 is 24.3 Å². The molecule has 0 radical (unpaired) electrons. The summed E-state index contributed by atoms with van der Waals surface area (Å²) in [5.41, 5.74) is 0. The van der Waals surface area contributed by atoms with Gasteiger partial charge in [-0.05, 0) is 6.20 Å². The van der Waals surface area contributed by atoms with Crippen LogP contribution in [0.4, 0.5) is 39.9 Å². The summed E-state index contributed by atoms with van der Waals surface area (Å²) in [6, 6.07) is 0. The number of amides is 1. The van der Waals surface area contributed by atoms with Gasteiger partial charge in [0.2, 0.25) is 6.17 Å². The fraction of sp³-hybridized carbons (Fsp3) is 0.625. The van der Waals surface area contributed by atoms with Crippen LogP contribution in [0, 0.1) is 0 Å². The minimum atomic E-state index is -6.07. The number of ether oxygens (including phenoxy) is 1. The van der Waals surface area contributed by atoms with Crippen LogP contribution in [0.5, 0.6) is 0 Å². The summed E-state index contributed by atoms with van der Waals surface area (Å²) in [5, 5.41) is 1.39. The summed E-state index contributed by atoms with van der Waals surface area (Å²) in [6.45, 7) is 2.84. The van der Waals surface area contributed by atoms with Crippen LogP contribution < -0.4 is 5.32 Å². The molecule has 0 saturated carbocycles. The molecule has 2 unspecified atom stereocenters. The van der Waals surface area contributed by atoms with E-state index in [1.54, 1.807) is 0 Å². The molecule has 0 rings (SSSR count). The number of rotatable bonds is 6. The third-order valence-corrected chi connectivity index (χ3v) is 1.73. The molecule has 0 aliphatic rings. The van der Waals surface area contributed by atoms with Gasteiger partial charge in [-0.25, -0.2) is 18.0 Å². The number of carbonyl (C=O) groups excluding carboxylic acids is 1. The maximum absolute atomic E-state index is 12.8. The molecule has 0 aromatic carbocycles. The van der Waals surface area contributed by atoms with Gasteiger partial charge in [0.05, 0.1) is 0 Å². The zero-order valence-corrected chi connectivity index (χ0v) is 8.86. The van der Waals surface area contributed by atoms with Crippen LogP contribution in [0.15, 0.2) is 12.8 Å². The van der Waals surface area contributed by atoms with E-state index in [0.29, 0.717) is 6.20 Å². The highest BCUT2D eigenvalue weighted by Crippen LogP contribution is 2.44. The molecule has 112 valence electrons. The molecule has 0 saturated heterocycles. The van der Waals surface area contributed by atoms with Gasteiger partial charge in [-0.1, -0.05) is 6.58 Å². The summed E-state index contributed by atoms with van der Waals surface area (Å²) in [6.07, 6.45) is -14.8. The molecule has 2 atom stereocenters. The second-order valence-corrected chi connectivity index (χ2v) is 3.05. The SMILES string of the molecule is C=CNC(=O)OC(F)C(F)(F)C(F)(F)C(F)C(F)F. The molecule has 1 amide bonds. The van der Waals surface area contributed by atoms with Crippen LogP contribution in [-0.2, 0) is 4.74 Å². The molecule has 0 aromatic heterocycles. The predicted molar refractivity (Wildman–Crippen MR) is 45.5 cm³/mol. The van der Waals surface area contributed by atoms with E-state index in [4.69, 9.17) is 0 Å². The lowest BCUT2D eigenvalue weighted by Crippen LogP contribution is -2.56. The Kier molecular flexibility index (Phi) is 5.57. The number of nitrogens with one attached hydrogen (secondary N) is 1. The summed E-state index contributed by atoms with van der Waals surface area (Å²) in [7, 11) is 0. The highest BCUT2D eigenvalue weighted by Gasteiger charge is 2.70. The Morgan fingerprint density at radius 1 is 1.11 bits per heavy atom. The van der Waals surface area contributed by atoms with Crippen LogP contribution in [-0.4, -0.2) is 36.9 Å². The fourth-order valence-corrected chi connectivity index (χ4v) is 0.779. The van der Waals surface area contributed by atoms with E-state index in [9.17, 15) is 39.9 Å². The molecular weight excluding hydrogens is 294 g/mol. The van der Waals surface area contributed by atoms with Crippen LogP contribution in [0.2, 0.25) is 0 Å². The molecule has 1 N–H and O–H groups in total. The monoisotopic (exact) mass is 301 g/mol. The smallest absolute Gasteiger partial charge is 0.408 e. The second-order valence-electron chi connectivity index (χ2n) is 3.05. The van der Waals surface area contributed by atoms with Gasteiger partial charge in [0.15, 0.2) is 0 Å². The zero-order chi connectivity index (χ0) is 15.4. The van der Waals surface area contributed by atoms with Gasteiger partial charge in [-0.15, -0.1) is 0 Å². The van der Waals surface area contributed by atoms with Crippen molar-refractivity contribution in [3.05, 3.63) is 12.8 Å². The average Bonchev–Trinajstić information content (AvgIpc) is 2.27. The number of hydrogen-bond donors (Lipinski definition) is 1. The molecule has 0 bridgehead atoms. The summed E-state index contributed by atoms with van der Waals surface area (Å²) >= 11 is 0. The predicted octanol–water partition coefficient (Wildman–Crippen LogP) is 3.03. The highest BCUT2D eigenvalue weighted by molar-refractivity contribution is 5.68. The van der Waals surface area contributed by atoms with E-state index in [-0.39, 0.29) is 0 Å². The quantitative estimate of drug-likeness (QED) is 0.766. The lowest BCUT2D eigenvalue weighted by atomic mass is 10.1. The molecular formula is C8H7F8NO2. The Bertz CT molecular complexity index is 335. The summed E-state index contributed by atoms with van der Waals surface area (Å²) in [4.78, 5) is 10.5. The van der Waals surface area contributed by atoms with E-state index < -0.39 is 36.9 Å². The first-order valence-corrected chi connectivity index (χ1v) is 4.38. The number of carbonyl (C=O) groups is 1. The molecule has 3 nitrogen and oxygen atoms in total. The third kappa shape index (κ3) is 3.70. The topological polar surface area (TPSA) is 38.3 Å². The Balaban J connectivity index is 5.02. The van der Waals surface area contributed by atoms with Crippen LogP contribution >= 0.6 is 0 Å². The van der Waals surface area contributed by atoms with Gasteiger partial charge in [0.1, 0.15) is 0 Å². The number of hydrogen-bond acceptors (Lipinski definition) is 2. The first-order chi connectivity index (χ1) is 8.48. The van der Waals surface area contributed by atoms with Gasteiger partial charge in [0.25, 0.3) is 6.43 Å². The fourth-order valence-electron chi connectivity index (χ4n) is 0.779. The lowest BCUT2D eigenvalue weighted by Gasteiger charge is -2.30. The Hall–Kier alpha value is -1.55. The molecule has 0 aromatic rings. The largest absolute Gasteiger partial charge is 0.413 e. The third-order valence-electron chi connectivity index (χ3n) is 1.73. The Labute approximate surface area is 101 Å². The van der Waals surface area contributed by atoms with Crippen molar-refractivity contribution in [3.8, 4) is 0 Å². The molecule has 0 aliphatic heterocycles. The van der Waals surface area contributed by atoms with Gasteiger partial charge in [0, 0.05) is 0 Å². The normalized spacial score (nSPS) is 15.8. The Morgan fingerprint density at radius 2 is 1.58 bits per heavy atom. The molecule has 0 aliphatic carbocycles. The first kappa shape index (κ1) is 17.4. The maximum atomic E-state index is 12.8. The van der Waals surface area contributed by atoms with Crippen molar-refractivity contribution in [1.29, 1.82) is 0 Å². The van der Waals surface area contributed by atoms with Crippen molar-refractivity contribution >= 4 is 6.09 Å². The van der Waals surface area contributed by atoms with Crippen LogP contribution in [0.1, 0.15) is 0 Å². The van der Waals surface area contributed by atoms with Crippen molar-refractivity contribution in [2.75, 3.05) is 0 Å². The van der Waals surface area contributed by atoms with Crippen LogP contribution in [0.3, 0.4) is 0 Å². The second kappa shape index (κ2) is 6.06. The van der Waals surface area contributed by atoms with Crippen molar-refractivity contribution in [2.45, 2.75) is 30.8 Å². The zero-order valence-electron chi connectivity index (χ0n) is 8.86. The number of halogens is 8. The van der Waals surface area contributed by atoms with Crippen molar-refractivity contribution in [2.24, 2.45) is 0 Å². The Morgan fingerprint density at radius 3 is 1.95 bits per heavy atom. The minimum Gasteiger partial charge on any atom is -0.408 e. The van der Waals surface area contributed by atoms with Crippen molar-refractivity contribution in [3.63, 3.8) is 0 Å². The summed E-state index contributed by atoms with van der Waals surface area (Å²) < 4.78 is 102. The van der Waals surface area contributed by atoms with Crippen molar-refractivity contribution in [1.82, 2.24) is 5.32 Å². The molecule has 0 spiro atoms.